The lowest BCUT2D eigenvalue weighted by atomic mass is 9.76. The minimum absolute atomic E-state index is 0.682. The number of ether oxygens (including phenoxy) is 1. The van der Waals surface area contributed by atoms with Gasteiger partial charge < -0.3 is 10.1 Å². The molecule has 0 radical (unpaired) electrons. The van der Waals surface area contributed by atoms with Crippen molar-refractivity contribution in [3.05, 3.63) is 29.8 Å². The summed E-state index contributed by atoms with van der Waals surface area (Å²) >= 11 is 0. The fourth-order valence-electron chi connectivity index (χ4n) is 3.53. The third kappa shape index (κ3) is 3.54. The molecule has 0 aliphatic heterocycles. The van der Waals surface area contributed by atoms with Crippen molar-refractivity contribution in [2.45, 2.75) is 56.9 Å². The fraction of sp³-hybridized carbons (Fsp3) is 0.667. The Morgan fingerprint density at radius 3 is 2.35 bits per heavy atom. The molecule has 1 aromatic rings. The van der Waals surface area contributed by atoms with E-state index in [-0.39, 0.29) is 0 Å². The standard InChI is InChI=1S/C18H27NO/c1-20-17-11-7-15(8-12-17)18(13-19-16-9-10-16)14-5-3-2-4-6-14/h7-8,11-12,14,16,18-19H,2-6,9-10,13H2,1H3. The Bertz CT molecular complexity index is 404. The van der Waals surface area contributed by atoms with Crippen LogP contribution in [0.5, 0.6) is 5.75 Å². The smallest absolute Gasteiger partial charge is 0.118 e. The van der Waals surface area contributed by atoms with Crippen LogP contribution < -0.4 is 10.1 Å². The molecule has 2 fully saturated rings. The molecule has 0 saturated heterocycles. The molecule has 1 N–H and O–H groups in total. The molecule has 3 rings (SSSR count). The predicted octanol–water partition coefficient (Wildman–Crippen LogP) is 4.11. The van der Waals surface area contributed by atoms with Gasteiger partial charge in [-0.3, -0.25) is 0 Å². The van der Waals surface area contributed by atoms with Crippen LogP contribution in [0.2, 0.25) is 0 Å². The molecule has 0 bridgehead atoms. The monoisotopic (exact) mass is 273 g/mol. The van der Waals surface area contributed by atoms with E-state index in [2.05, 4.69) is 29.6 Å². The van der Waals surface area contributed by atoms with Gasteiger partial charge in [0.2, 0.25) is 0 Å². The van der Waals surface area contributed by atoms with Crippen molar-refractivity contribution >= 4 is 0 Å². The first-order valence-electron chi connectivity index (χ1n) is 8.24. The first-order valence-corrected chi connectivity index (χ1v) is 8.24. The van der Waals surface area contributed by atoms with Gasteiger partial charge in [0.05, 0.1) is 7.11 Å². The Labute approximate surface area is 122 Å². The molecule has 1 unspecified atom stereocenters. The van der Waals surface area contributed by atoms with Gasteiger partial charge in [-0.05, 0) is 55.2 Å². The van der Waals surface area contributed by atoms with Gasteiger partial charge in [-0.25, -0.2) is 0 Å². The van der Waals surface area contributed by atoms with Crippen LogP contribution in [0, 0.1) is 5.92 Å². The molecule has 0 amide bonds. The van der Waals surface area contributed by atoms with Crippen LogP contribution in [-0.4, -0.2) is 19.7 Å². The topological polar surface area (TPSA) is 21.3 Å². The molecule has 2 aliphatic rings. The molecule has 2 saturated carbocycles. The molecule has 2 nitrogen and oxygen atoms in total. The molecular weight excluding hydrogens is 246 g/mol. The Balaban J connectivity index is 1.70. The first kappa shape index (κ1) is 13.9. The number of hydrogen-bond acceptors (Lipinski definition) is 2. The lowest BCUT2D eigenvalue weighted by molar-refractivity contribution is 0.296. The van der Waals surface area contributed by atoms with Gasteiger partial charge >= 0.3 is 0 Å². The maximum atomic E-state index is 5.29. The van der Waals surface area contributed by atoms with Crippen molar-refractivity contribution in [3.8, 4) is 5.75 Å². The quantitative estimate of drug-likeness (QED) is 0.842. The number of nitrogens with one attached hydrogen (secondary N) is 1. The second-order valence-electron chi connectivity index (χ2n) is 6.46. The van der Waals surface area contributed by atoms with E-state index in [4.69, 9.17) is 4.74 Å². The van der Waals surface area contributed by atoms with Crippen molar-refractivity contribution < 1.29 is 4.74 Å². The fourth-order valence-corrected chi connectivity index (χ4v) is 3.53. The number of methoxy groups -OCH3 is 1. The summed E-state index contributed by atoms with van der Waals surface area (Å²) in [5, 5.41) is 3.75. The van der Waals surface area contributed by atoms with E-state index in [1.165, 1.54) is 50.5 Å². The van der Waals surface area contributed by atoms with E-state index in [9.17, 15) is 0 Å². The molecule has 2 aliphatic carbocycles. The van der Waals surface area contributed by atoms with E-state index >= 15 is 0 Å². The molecule has 0 aromatic heterocycles. The minimum atomic E-state index is 0.682. The SMILES string of the molecule is COc1ccc(C(CNC2CC2)C2CCCCC2)cc1. The zero-order chi connectivity index (χ0) is 13.8. The maximum absolute atomic E-state index is 5.29. The zero-order valence-electron chi connectivity index (χ0n) is 12.6. The molecule has 20 heavy (non-hydrogen) atoms. The van der Waals surface area contributed by atoms with Crippen LogP contribution in [0.1, 0.15) is 56.4 Å². The van der Waals surface area contributed by atoms with Crippen LogP contribution in [0.3, 0.4) is 0 Å². The highest BCUT2D eigenvalue weighted by Gasteiger charge is 2.28. The van der Waals surface area contributed by atoms with E-state index in [0.29, 0.717) is 5.92 Å². The summed E-state index contributed by atoms with van der Waals surface area (Å²) in [6, 6.07) is 9.57. The highest BCUT2D eigenvalue weighted by molar-refractivity contribution is 5.30. The average molecular weight is 273 g/mol. The summed E-state index contributed by atoms with van der Waals surface area (Å²) < 4.78 is 5.29. The lowest BCUT2D eigenvalue weighted by Crippen LogP contribution is -2.29. The Hall–Kier alpha value is -1.02. The van der Waals surface area contributed by atoms with Gasteiger partial charge in [0.25, 0.3) is 0 Å². The summed E-state index contributed by atoms with van der Waals surface area (Å²) in [5.74, 6) is 2.51. The van der Waals surface area contributed by atoms with Gasteiger partial charge in [0.15, 0.2) is 0 Å². The van der Waals surface area contributed by atoms with Crippen molar-refractivity contribution in [2.24, 2.45) is 5.92 Å². The highest BCUT2D eigenvalue weighted by atomic mass is 16.5. The second-order valence-corrected chi connectivity index (χ2v) is 6.46. The third-order valence-corrected chi connectivity index (χ3v) is 4.97. The normalized spacial score (nSPS) is 21.6. The van der Waals surface area contributed by atoms with E-state index in [1.54, 1.807) is 7.11 Å². The Kier molecular flexibility index (Phi) is 4.62. The summed E-state index contributed by atoms with van der Waals surface area (Å²) in [6.45, 7) is 1.15. The Morgan fingerprint density at radius 2 is 1.75 bits per heavy atom. The lowest BCUT2D eigenvalue weighted by Gasteiger charge is -2.31. The predicted molar refractivity (Wildman–Crippen MR) is 83.3 cm³/mol. The van der Waals surface area contributed by atoms with Gasteiger partial charge in [0, 0.05) is 12.6 Å². The summed E-state index contributed by atoms with van der Waals surface area (Å²) in [6.07, 6.45) is 9.83. The first-order chi connectivity index (χ1) is 9.86. The Morgan fingerprint density at radius 1 is 1.05 bits per heavy atom. The molecular formula is C18H27NO. The highest BCUT2D eigenvalue weighted by Crippen LogP contribution is 2.36. The zero-order valence-corrected chi connectivity index (χ0v) is 12.6. The van der Waals surface area contributed by atoms with Crippen LogP contribution in [-0.2, 0) is 0 Å². The molecule has 1 aromatic carbocycles. The van der Waals surface area contributed by atoms with E-state index in [0.717, 1.165) is 24.3 Å². The average Bonchev–Trinajstić information content (AvgIpc) is 3.33. The number of benzene rings is 1. The van der Waals surface area contributed by atoms with Crippen LogP contribution in [0.15, 0.2) is 24.3 Å². The van der Waals surface area contributed by atoms with Gasteiger partial charge in [0.1, 0.15) is 5.75 Å². The maximum Gasteiger partial charge on any atom is 0.118 e. The molecule has 2 heteroatoms. The molecule has 110 valence electrons. The van der Waals surface area contributed by atoms with Gasteiger partial charge in [-0.2, -0.15) is 0 Å². The van der Waals surface area contributed by atoms with Crippen molar-refractivity contribution in [1.29, 1.82) is 0 Å². The van der Waals surface area contributed by atoms with Gasteiger partial charge in [-0.1, -0.05) is 31.4 Å². The van der Waals surface area contributed by atoms with E-state index < -0.39 is 0 Å². The largest absolute Gasteiger partial charge is 0.497 e. The third-order valence-electron chi connectivity index (χ3n) is 4.97. The van der Waals surface area contributed by atoms with E-state index in [1.807, 2.05) is 0 Å². The molecule has 1 atom stereocenters. The minimum Gasteiger partial charge on any atom is -0.497 e. The second kappa shape index (κ2) is 6.62. The van der Waals surface area contributed by atoms with Crippen LogP contribution in [0.4, 0.5) is 0 Å². The van der Waals surface area contributed by atoms with Crippen LogP contribution in [0.25, 0.3) is 0 Å². The summed E-state index contributed by atoms with van der Waals surface area (Å²) in [5.41, 5.74) is 1.49. The van der Waals surface area contributed by atoms with Gasteiger partial charge in [-0.15, -0.1) is 0 Å². The molecule has 0 heterocycles. The number of hydrogen-bond donors (Lipinski definition) is 1. The summed E-state index contributed by atoms with van der Waals surface area (Å²) in [4.78, 5) is 0. The van der Waals surface area contributed by atoms with Crippen molar-refractivity contribution in [2.75, 3.05) is 13.7 Å². The summed E-state index contributed by atoms with van der Waals surface area (Å²) in [7, 11) is 1.74. The van der Waals surface area contributed by atoms with Crippen LogP contribution >= 0.6 is 0 Å². The van der Waals surface area contributed by atoms with Crippen molar-refractivity contribution in [1.82, 2.24) is 5.32 Å². The molecule has 0 spiro atoms. The number of rotatable bonds is 6. The van der Waals surface area contributed by atoms with Crippen molar-refractivity contribution in [3.63, 3.8) is 0 Å².